The Kier molecular flexibility index (Phi) is 4.30. The van der Waals surface area contributed by atoms with Gasteiger partial charge in [0.2, 0.25) is 10.0 Å². The van der Waals surface area contributed by atoms with E-state index in [4.69, 9.17) is 5.73 Å². The number of hydrogen-bond acceptors (Lipinski definition) is 5. The highest BCUT2D eigenvalue weighted by atomic mass is 79.9. The van der Waals surface area contributed by atoms with Gasteiger partial charge in [-0.15, -0.1) is 0 Å². The summed E-state index contributed by atoms with van der Waals surface area (Å²) in [6, 6.07) is 0. The van der Waals surface area contributed by atoms with E-state index in [2.05, 4.69) is 25.6 Å². The van der Waals surface area contributed by atoms with Gasteiger partial charge in [0.1, 0.15) is 0 Å². The molecule has 80 valence electrons. The third-order valence-electron chi connectivity index (χ3n) is 1.34. The summed E-state index contributed by atoms with van der Waals surface area (Å²) in [4.78, 5) is 3.86. The molecule has 0 amide bonds. The minimum atomic E-state index is -3.29. The number of sulfonamides is 1. The molecule has 0 bridgehead atoms. The molecule has 0 aliphatic heterocycles. The van der Waals surface area contributed by atoms with Crippen LogP contribution in [0.4, 0.5) is 5.13 Å². The van der Waals surface area contributed by atoms with Gasteiger partial charge >= 0.3 is 0 Å². The van der Waals surface area contributed by atoms with E-state index in [-0.39, 0.29) is 5.75 Å². The molecule has 1 aromatic rings. The van der Waals surface area contributed by atoms with Crippen molar-refractivity contribution in [2.75, 3.05) is 17.0 Å². The first-order chi connectivity index (χ1) is 6.53. The topological polar surface area (TPSA) is 85.1 Å². The van der Waals surface area contributed by atoms with Crippen molar-refractivity contribution in [3.63, 3.8) is 0 Å². The van der Waals surface area contributed by atoms with E-state index in [0.29, 0.717) is 18.1 Å². The summed E-state index contributed by atoms with van der Waals surface area (Å²) in [6.45, 7) is 0.364. The van der Waals surface area contributed by atoms with Crippen LogP contribution >= 0.6 is 27.3 Å². The molecule has 0 spiro atoms. The summed E-state index contributed by atoms with van der Waals surface area (Å²) in [5, 5.41) is 0.369. The molecule has 0 aliphatic carbocycles. The molecule has 14 heavy (non-hydrogen) atoms. The van der Waals surface area contributed by atoms with E-state index in [1.54, 1.807) is 6.20 Å². The Hall–Kier alpha value is -0.180. The zero-order chi connectivity index (χ0) is 10.6. The highest BCUT2D eigenvalue weighted by molar-refractivity contribution is 9.11. The minimum Gasteiger partial charge on any atom is -0.330 e. The van der Waals surface area contributed by atoms with Crippen LogP contribution in [0.15, 0.2) is 9.98 Å². The number of rotatable bonds is 5. The standard InChI is InChI=1S/C6H10BrN3O2S2/c7-5-4-9-6(13-5)10-14(11,12)3-1-2-8/h4H,1-3,8H2,(H,9,10). The molecule has 0 aliphatic rings. The van der Waals surface area contributed by atoms with Gasteiger partial charge in [0.25, 0.3) is 0 Å². The maximum absolute atomic E-state index is 11.4. The molecule has 0 unspecified atom stereocenters. The van der Waals surface area contributed by atoms with Crippen LogP contribution in [0.1, 0.15) is 6.42 Å². The van der Waals surface area contributed by atoms with Gasteiger partial charge in [0.05, 0.1) is 15.7 Å². The maximum Gasteiger partial charge on any atom is 0.234 e. The van der Waals surface area contributed by atoms with E-state index < -0.39 is 10.0 Å². The quantitative estimate of drug-likeness (QED) is 0.849. The zero-order valence-electron chi connectivity index (χ0n) is 7.23. The monoisotopic (exact) mass is 299 g/mol. The van der Waals surface area contributed by atoms with Crippen LogP contribution in [0.2, 0.25) is 0 Å². The number of nitrogens with one attached hydrogen (secondary N) is 1. The van der Waals surface area contributed by atoms with E-state index >= 15 is 0 Å². The van der Waals surface area contributed by atoms with Crippen LogP contribution in [0, 0.1) is 0 Å². The highest BCUT2D eigenvalue weighted by Gasteiger charge is 2.11. The third-order valence-corrected chi connectivity index (χ3v) is 4.19. The number of nitrogens with zero attached hydrogens (tertiary/aromatic N) is 1. The van der Waals surface area contributed by atoms with E-state index in [1.165, 1.54) is 11.3 Å². The minimum absolute atomic E-state index is 0.0285. The summed E-state index contributed by atoms with van der Waals surface area (Å²) < 4.78 is 25.9. The number of anilines is 1. The van der Waals surface area contributed by atoms with Gasteiger partial charge < -0.3 is 5.73 Å². The average Bonchev–Trinajstić information content (AvgIpc) is 2.47. The SMILES string of the molecule is NCCCS(=O)(=O)Nc1ncc(Br)s1. The number of thiazole rings is 1. The average molecular weight is 300 g/mol. The molecule has 0 aromatic carbocycles. The first kappa shape index (κ1) is 11.9. The van der Waals surface area contributed by atoms with Crippen LogP contribution in [-0.2, 0) is 10.0 Å². The Bertz CT molecular complexity index is 390. The zero-order valence-corrected chi connectivity index (χ0v) is 10.5. The highest BCUT2D eigenvalue weighted by Crippen LogP contribution is 2.23. The largest absolute Gasteiger partial charge is 0.330 e. The van der Waals surface area contributed by atoms with E-state index in [1.807, 2.05) is 0 Å². The Labute approximate surface area is 94.9 Å². The van der Waals surface area contributed by atoms with Gasteiger partial charge in [-0.3, -0.25) is 4.72 Å². The van der Waals surface area contributed by atoms with E-state index in [9.17, 15) is 8.42 Å². The second kappa shape index (κ2) is 5.06. The molecule has 0 saturated heterocycles. The van der Waals surface area contributed by atoms with Crippen LogP contribution in [-0.4, -0.2) is 25.7 Å². The number of aromatic nitrogens is 1. The fourth-order valence-electron chi connectivity index (χ4n) is 0.759. The summed E-state index contributed by atoms with van der Waals surface area (Å²) in [7, 11) is -3.29. The Morgan fingerprint density at radius 2 is 2.36 bits per heavy atom. The first-order valence-corrected chi connectivity index (χ1v) is 7.11. The van der Waals surface area contributed by atoms with Gasteiger partial charge in [-0.2, -0.15) is 0 Å². The Morgan fingerprint density at radius 3 is 2.86 bits per heavy atom. The Morgan fingerprint density at radius 1 is 1.64 bits per heavy atom. The van der Waals surface area contributed by atoms with Crippen molar-refractivity contribution in [2.45, 2.75) is 6.42 Å². The van der Waals surface area contributed by atoms with Crippen molar-refractivity contribution >= 4 is 42.4 Å². The molecule has 5 nitrogen and oxygen atoms in total. The lowest BCUT2D eigenvalue weighted by atomic mass is 10.5. The van der Waals surface area contributed by atoms with Crippen molar-refractivity contribution in [3.8, 4) is 0 Å². The summed E-state index contributed by atoms with van der Waals surface area (Å²) in [5.74, 6) is 0.0285. The number of halogens is 1. The maximum atomic E-state index is 11.4. The molecule has 0 saturated carbocycles. The molecule has 1 rings (SSSR count). The van der Waals surface area contributed by atoms with Crippen molar-refractivity contribution < 1.29 is 8.42 Å². The first-order valence-electron chi connectivity index (χ1n) is 3.85. The van der Waals surface area contributed by atoms with E-state index in [0.717, 1.165) is 3.79 Å². The van der Waals surface area contributed by atoms with Crippen molar-refractivity contribution in [2.24, 2.45) is 5.73 Å². The second-order valence-electron chi connectivity index (χ2n) is 2.53. The van der Waals surface area contributed by atoms with Crippen LogP contribution in [0.3, 0.4) is 0 Å². The van der Waals surface area contributed by atoms with Gasteiger partial charge in [0, 0.05) is 0 Å². The molecule has 8 heteroatoms. The predicted octanol–water partition coefficient (Wildman–Crippen LogP) is 0.996. The van der Waals surface area contributed by atoms with Gasteiger partial charge in [0.15, 0.2) is 5.13 Å². The molecular weight excluding hydrogens is 290 g/mol. The van der Waals surface area contributed by atoms with Crippen molar-refractivity contribution in [1.82, 2.24) is 4.98 Å². The molecule has 1 heterocycles. The van der Waals surface area contributed by atoms with Crippen molar-refractivity contribution in [3.05, 3.63) is 9.98 Å². The van der Waals surface area contributed by atoms with Crippen LogP contribution in [0.25, 0.3) is 0 Å². The molecule has 3 N–H and O–H groups in total. The lowest BCUT2D eigenvalue weighted by Gasteiger charge is -2.02. The molecular formula is C6H10BrN3O2S2. The second-order valence-corrected chi connectivity index (χ2v) is 6.78. The third kappa shape index (κ3) is 3.91. The number of nitrogens with two attached hydrogens (primary N) is 1. The van der Waals surface area contributed by atoms with Crippen LogP contribution < -0.4 is 10.5 Å². The smallest absolute Gasteiger partial charge is 0.234 e. The predicted molar refractivity (Wildman–Crippen MR) is 60.9 cm³/mol. The summed E-state index contributed by atoms with van der Waals surface area (Å²) >= 11 is 4.43. The summed E-state index contributed by atoms with van der Waals surface area (Å²) in [6.07, 6.45) is 1.99. The fraction of sp³-hybridized carbons (Fsp3) is 0.500. The fourth-order valence-corrected chi connectivity index (χ4v) is 3.23. The van der Waals surface area contributed by atoms with Gasteiger partial charge in [-0.05, 0) is 28.9 Å². The summed E-state index contributed by atoms with van der Waals surface area (Å²) in [5.41, 5.74) is 5.22. The molecule has 0 radical (unpaired) electrons. The molecule has 0 atom stereocenters. The molecule has 0 fully saturated rings. The molecule has 1 aromatic heterocycles. The van der Waals surface area contributed by atoms with Gasteiger partial charge in [-0.25, -0.2) is 13.4 Å². The Balaban J connectivity index is 2.59. The lowest BCUT2D eigenvalue weighted by molar-refractivity contribution is 0.598. The van der Waals surface area contributed by atoms with Gasteiger partial charge in [-0.1, -0.05) is 11.3 Å². The lowest BCUT2D eigenvalue weighted by Crippen LogP contribution is -2.18. The number of hydrogen-bond donors (Lipinski definition) is 2. The van der Waals surface area contributed by atoms with Crippen molar-refractivity contribution in [1.29, 1.82) is 0 Å². The van der Waals surface area contributed by atoms with Crippen LogP contribution in [0.5, 0.6) is 0 Å². The normalized spacial score (nSPS) is 11.6.